The van der Waals surface area contributed by atoms with Gasteiger partial charge in [0.25, 0.3) is 0 Å². The van der Waals surface area contributed by atoms with Crippen molar-refractivity contribution in [3.05, 3.63) is 23.0 Å². The Kier molecular flexibility index (Phi) is 1.47. The summed E-state index contributed by atoms with van der Waals surface area (Å²) in [5.74, 6) is 1.85. The largest absolute Gasteiger partial charge is 0.466 e. The van der Waals surface area contributed by atoms with E-state index in [1.807, 2.05) is 10.8 Å². The molecule has 0 fully saturated rings. The van der Waals surface area contributed by atoms with Gasteiger partial charge in [-0.1, -0.05) is 0 Å². The van der Waals surface area contributed by atoms with Crippen molar-refractivity contribution in [3.63, 3.8) is 0 Å². The fraction of sp³-hybridized carbons (Fsp3) is 0.143. The number of hydrogen-bond donors (Lipinski definition) is 0. The molecule has 0 unspecified atom stereocenters. The van der Waals surface area contributed by atoms with E-state index in [2.05, 4.69) is 0 Å². The molecule has 2 rings (SSSR count). The van der Waals surface area contributed by atoms with Crippen LogP contribution in [-0.2, 0) is 4.74 Å². The van der Waals surface area contributed by atoms with E-state index in [0.717, 1.165) is 5.75 Å². The molecule has 4 heteroatoms. The maximum atomic E-state index is 5.25. The molecule has 0 aromatic carbocycles. The minimum absolute atomic E-state index is 0.385. The minimum Gasteiger partial charge on any atom is -0.466 e. The number of methoxy groups -OCH3 is 1. The Bertz CT molecular complexity index is 290. The van der Waals surface area contributed by atoms with E-state index in [9.17, 15) is 0 Å². The van der Waals surface area contributed by atoms with Crippen LogP contribution in [0.4, 0.5) is 0 Å². The lowest BCUT2D eigenvalue weighted by Crippen LogP contribution is -2.04. The summed E-state index contributed by atoms with van der Waals surface area (Å²) in [6, 6.07) is 0. The highest BCUT2D eigenvalue weighted by molar-refractivity contribution is 7.08. The summed E-state index contributed by atoms with van der Waals surface area (Å²) in [5.41, 5.74) is 0. The van der Waals surface area contributed by atoms with Crippen LogP contribution in [0.25, 0.3) is 0 Å². The summed E-state index contributed by atoms with van der Waals surface area (Å²) >= 11 is 1.53. The van der Waals surface area contributed by atoms with Crippen LogP contribution in [0.3, 0.4) is 0 Å². The topological polar surface area (TPSA) is 27.7 Å². The molecule has 1 aromatic heterocycles. The fourth-order valence-electron chi connectivity index (χ4n) is 0.768. The van der Waals surface area contributed by atoms with Crippen LogP contribution >= 0.6 is 11.3 Å². The zero-order chi connectivity index (χ0) is 7.68. The zero-order valence-corrected chi connectivity index (χ0v) is 6.68. The molecule has 0 spiro atoms. The van der Waals surface area contributed by atoms with Crippen molar-refractivity contribution in [2.24, 2.45) is 0 Å². The first-order valence-electron chi connectivity index (χ1n) is 3.05. The highest BCUT2D eigenvalue weighted by Crippen LogP contribution is 2.35. The van der Waals surface area contributed by atoms with Crippen LogP contribution in [-0.4, -0.2) is 7.11 Å². The Morgan fingerprint density at radius 3 is 3.00 bits per heavy atom. The van der Waals surface area contributed by atoms with Gasteiger partial charge < -0.3 is 14.2 Å². The second-order valence-electron chi connectivity index (χ2n) is 1.96. The Morgan fingerprint density at radius 2 is 2.18 bits per heavy atom. The van der Waals surface area contributed by atoms with Crippen LogP contribution in [0.1, 0.15) is 0 Å². The molecule has 11 heavy (non-hydrogen) atoms. The molecule has 0 saturated heterocycles. The summed E-state index contributed by atoms with van der Waals surface area (Å²) in [7, 11) is 1.53. The van der Waals surface area contributed by atoms with E-state index in [4.69, 9.17) is 14.2 Å². The molecule has 1 aliphatic rings. The molecule has 2 heterocycles. The monoisotopic (exact) mass is 170 g/mol. The van der Waals surface area contributed by atoms with E-state index in [0.29, 0.717) is 11.7 Å². The van der Waals surface area contributed by atoms with Crippen LogP contribution in [0.5, 0.6) is 11.5 Å². The van der Waals surface area contributed by atoms with Gasteiger partial charge in [0.1, 0.15) is 0 Å². The number of ether oxygens (including phenoxy) is 3. The summed E-state index contributed by atoms with van der Waals surface area (Å²) in [5, 5.41) is 3.74. The number of hydrogen-bond acceptors (Lipinski definition) is 4. The van der Waals surface area contributed by atoms with Gasteiger partial charge in [0.05, 0.1) is 7.11 Å². The quantitative estimate of drug-likeness (QED) is 0.644. The Labute approximate surface area is 67.8 Å². The maximum absolute atomic E-state index is 5.25. The lowest BCUT2D eigenvalue weighted by Gasteiger charge is -2.12. The number of rotatable bonds is 1. The van der Waals surface area contributed by atoms with Crippen molar-refractivity contribution < 1.29 is 14.2 Å². The third kappa shape index (κ3) is 1.05. The van der Waals surface area contributed by atoms with Gasteiger partial charge in [-0.3, -0.25) is 0 Å². The van der Waals surface area contributed by atoms with E-state index >= 15 is 0 Å². The second kappa shape index (κ2) is 2.47. The summed E-state index contributed by atoms with van der Waals surface area (Å²) in [6.45, 7) is 0. The first-order chi connectivity index (χ1) is 5.40. The van der Waals surface area contributed by atoms with Crippen molar-refractivity contribution in [1.29, 1.82) is 0 Å². The molecule has 58 valence electrons. The van der Waals surface area contributed by atoms with Gasteiger partial charge in [-0.15, -0.1) is 11.3 Å². The number of fused-ring (bicyclic) bond motifs is 1. The van der Waals surface area contributed by atoms with Crippen molar-refractivity contribution in [3.8, 4) is 11.5 Å². The number of thiophene rings is 1. The molecule has 0 amide bonds. The van der Waals surface area contributed by atoms with Crippen LogP contribution in [0.2, 0.25) is 0 Å². The van der Waals surface area contributed by atoms with Crippen LogP contribution < -0.4 is 9.47 Å². The fourth-order valence-corrected chi connectivity index (χ4v) is 1.42. The average molecular weight is 170 g/mol. The SMILES string of the molecule is COC1=COc2cscc2O1. The highest BCUT2D eigenvalue weighted by Gasteiger charge is 2.14. The first-order valence-corrected chi connectivity index (χ1v) is 3.99. The van der Waals surface area contributed by atoms with Gasteiger partial charge in [0.15, 0.2) is 17.8 Å². The predicted molar refractivity (Wildman–Crippen MR) is 40.7 cm³/mol. The Hall–Kier alpha value is -1.16. The van der Waals surface area contributed by atoms with Crippen molar-refractivity contribution >= 4 is 11.3 Å². The normalized spacial score (nSPS) is 14.1. The van der Waals surface area contributed by atoms with E-state index in [1.54, 1.807) is 0 Å². The standard InChI is InChI=1S/C7H6O3S/c1-8-7-2-9-5-3-11-4-6(5)10-7/h2-4H,1H3. The summed E-state index contributed by atoms with van der Waals surface area (Å²) < 4.78 is 15.2. The van der Waals surface area contributed by atoms with Gasteiger partial charge in [0, 0.05) is 10.8 Å². The second-order valence-corrected chi connectivity index (χ2v) is 2.70. The molecule has 0 saturated carbocycles. The van der Waals surface area contributed by atoms with Gasteiger partial charge in [0.2, 0.25) is 0 Å². The van der Waals surface area contributed by atoms with E-state index in [1.165, 1.54) is 24.7 Å². The van der Waals surface area contributed by atoms with Gasteiger partial charge in [-0.2, -0.15) is 0 Å². The van der Waals surface area contributed by atoms with Crippen molar-refractivity contribution in [2.45, 2.75) is 0 Å². The third-order valence-electron chi connectivity index (χ3n) is 1.29. The maximum Gasteiger partial charge on any atom is 0.321 e. The molecule has 0 radical (unpaired) electrons. The molecule has 0 N–H and O–H groups in total. The predicted octanol–water partition coefficient (Wildman–Crippen LogP) is 1.96. The van der Waals surface area contributed by atoms with Crippen molar-refractivity contribution in [2.75, 3.05) is 7.11 Å². The summed E-state index contributed by atoms with van der Waals surface area (Å²) in [4.78, 5) is 0. The lowest BCUT2D eigenvalue weighted by molar-refractivity contribution is 0.125. The Balaban J connectivity index is 2.27. The lowest BCUT2D eigenvalue weighted by atomic mass is 10.5. The summed E-state index contributed by atoms with van der Waals surface area (Å²) in [6.07, 6.45) is 1.44. The van der Waals surface area contributed by atoms with Crippen LogP contribution in [0, 0.1) is 0 Å². The smallest absolute Gasteiger partial charge is 0.321 e. The third-order valence-corrected chi connectivity index (χ3v) is 1.99. The molecular formula is C7H6O3S. The molecule has 0 atom stereocenters. The first kappa shape index (κ1) is 6.54. The molecular weight excluding hydrogens is 164 g/mol. The van der Waals surface area contributed by atoms with Crippen LogP contribution in [0.15, 0.2) is 23.0 Å². The zero-order valence-electron chi connectivity index (χ0n) is 5.87. The molecule has 0 aliphatic carbocycles. The van der Waals surface area contributed by atoms with E-state index in [-0.39, 0.29) is 0 Å². The van der Waals surface area contributed by atoms with E-state index < -0.39 is 0 Å². The Morgan fingerprint density at radius 1 is 1.36 bits per heavy atom. The highest BCUT2D eigenvalue weighted by atomic mass is 32.1. The van der Waals surface area contributed by atoms with Gasteiger partial charge >= 0.3 is 5.95 Å². The van der Waals surface area contributed by atoms with Crippen molar-refractivity contribution in [1.82, 2.24) is 0 Å². The molecule has 1 aliphatic heterocycles. The molecule has 1 aromatic rings. The molecule has 0 bridgehead atoms. The average Bonchev–Trinajstić information content (AvgIpc) is 2.50. The van der Waals surface area contributed by atoms with Gasteiger partial charge in [-0.25, -0.2) is 0 Å². The molecule has 3 nitrogen and oxygen atoms in total. The minimum atomic E-state index is 0.385. The van der Waals surface area contributed by atoms with Gasteiger partial charge in [-0.05, 0) is 0 Å².